The number of thioether (sulfide) groups is 1. The second-order valence-electron chi connectivity index (χ2n) is 3.75. The quantitative estimate of drug-likeness (QED) is 0.854. The Labute approximate surface area is 101 Å². The summed E-state index contributed by atoms with van der Waals surface area (Å²) >= 11 is 1.89. The smallest absolute Gasteiger partial charge is 0.142 e. The van der Waals surface area contributed by atoms with Crippen molar-refractivity contribution in [3.8, 4) is 6.07 Å². The summed E-state index contributed by atoms with van der Waals surface area (Å²) in [7, 11) is 1.86. The number of rotatable bonds is 5. The lowest BCUT2D eigenvalue weighted by atomic mass is 10.2. The molecule has 1 atom stereocenters. The Morgan fingerprint density at radius 3 is 2.88 bits per heavy atom. The molecule has 1 rings (SSSR count). The Morgan fingerprint density at radius 1 is 1.62 bits per heavy atom. The Balaban J connectivity index is 2.77. The largest absolute Gasteiger partial charge is 0.366 e. The molecule has 0 fully saturated rings. The van der Waals surface area contributed by atoms with Gasteiger partial charge in [-0.3, -0.25) is 4.68 Å². The highest BCUT2D eigenvalue weighted by molar-refractivity contribution is 7.99. The third-order valence-corrected chi connectivity index (χ3v) is 3.43. The van der Waals surface area contributed by atoms with Gasteiger partial charge >= 0.3 is 0 Å². The molecule has 5 heteroatoms. The average molecular weight is 238 g/mol. The van der Waals surface area contributed by atoms with Gasteiger partial charge in [0.2, 0.25) is 0 Å². The van der Waals surface area contributed by atoms with Crippen LogP contribution in [-0.4, -0.2) is 27.3 Å². The minimum atomic E-state index is 0.340. The number of nitrogens with one attached hydrogen (secondary N) is 1. The molecule has 1 heterocycles. The van der Waals surface area contributed by atoms with Gasteiger partial charge in [0.15, 0.2) is 0 Å². The summed E-state index contributed by atoms with van der Waals surface area (Å²) in [4.78, 5) is 0. The molecule has 0 radical (unpaired) electrons. The number of nitriles is 1. The minimum absolute atomic E-state index is 0.340. The van der Waals surface area contributed by atoms with Crippen molar-refractivity contribution in [3.05, 3.63) is 11.3 Å². The lowest BCUT2D eigenvalue weighted by Crippen LogP contribution is -2.20. The molecule has 1 unspecified atom stereocenters. The molecule has 88 valence electrons. The molecule has 4 nitrogen and oxygen atoms in total. The van der Waals surface area contributed by atoms with Crippen molar-refractivity contribution >= 4 is 17.6 Å². The lowest BCUT2D eigenvalue weighted by Gasteiger charge is -2.14. The summed E-state index contributed by atoms with van der Waals surface area (Å²) in [5.41, 5.74) is 1.43. The molecule has 0 aliphatic carbocycles. The van der Waals surface area contributed by atoms with Crippen LogP contribution in [0.2, 0.25) is 0 Å². The van der Waals surface area contributed by atoms with E-state index in [9.17, 15) is 0 Å². The van der Waals surface area contributed by atoms with E-state index in [0.29, 0.717) is 11.6 Å². The molecular formula is C11H18N4S. The zero-order valence-electron chi connectivity index (χ0n) is 10.2. The fourth-order valence-electron chi connectivity index (χ4n) is 1.53. The van der Waals surface area contributed by atoms with Gasteiger partial charge in [-0.25, -0.2) is 0 Å². The SMILES string of the molecule is CCSCC(C)Nc1c(C#N)c(C)nn1C. The number of nitrogens with zero attached hydrogens (tertiary/aromatic N) is 3. The van der Waals surface area contributed by atoms with Crippen LogP contribution in [0.1, 0.15) is 25.1 Å². The van der Waals surface area contributed by atoms with Gasteiger partial charge in [0.25, 0.3) is 0 Å². The minimum Gasteiger partial charge on any atom is -0.366 e. The number of hydrogen-bond acceptors (Lipinski definition) is 4. The normalized spacial score (nSPS) is 12.2. The summed E-state index contributed by atoms with van der Waals surface area (Å²) in [5.74, 6) is 2.97. The third-order valence-electron chi connectivity index (χ3n) is 2.29. The molecule has 0 spiro atoms. The van der Waals surface area contributed by atoms with Crippen LogP contribution < -0.4 is 5.32 Å². The highest BCUT2D eigenvalue weighted by Crippen LogP contribution is 2.19. The molecule has 0 bridgehead atoms. The van der Waals surface area contributed by atoms with E-state index in [4.69, 9.17) is 5.26 Å². The molecule has 0 saturated heterocycles. The van der Waals surface area contributed by atoms with Crippen molar-refractivity contribution in [2.24, 2.45) is 7.05 Å². The first-order chi connectivity index (χ1) is 7.60. The summed E-state index contributed by atoms with van der Waals surface area (Å²) in [6.07, 6.45) is 0. The van der Waals surface area contributed by atoms with E-state index in [1.165, 1.54) is 0 Å². The van der Waals surface area contributed by atoms with Gasteiger partial charge in [-0.1, -0.05) is 6.92 Å². The maximum atomic E-state index is 9.05. The van der Waals surface area contributed by atoms with Crippen molar-refractivity contribution in [2.45, 2.75) is 26.8 Å². The number of aryl methyl sites for hydroxylation is 2. The van der Waals surface area contributed by atoms with Gasteiger partial charge in [-0.15, -0.1) is 0 Å². The van der Waals surface area contributed by atoms with Crippen LogP contribution in [0, 0.1) is 18.3 Å². The zero-order valence-corrected chi connectivity index (χ0v) is 11.1. The van der Waals surface area contributed by atoms with Crippen molar-refractivity contribution in [2.75, 3.05) is 16.8 Å². The summed E-state index contributed by atoms with van der Waals surface area (Å²) < 4.78 is 1.74. The Morgan fingerprint density at radius 2 is 2.31 bits per heavy atom. The molecule has 0 aromatic carbocycles. The second-order valence-corrected chi connectivity index (χ2v) is 5.07. The van der Waals surface area contributed by atoms with Crippen LogP contribution in [0.4, 0.5) is 5.82 Å². The Hall–Kier alpha value is -1.15. The predicted molar refractivity (Wildman–Crippen MR) is 68.7 cm³/mol. The first-order valence-corrected chi connectivity index (χ1v) is 6.53. The van der Waals surface area contributed by atoms with Crippen molar-refractivity contribution in [3.63, 3.8) is 0 Å². The van der Waals surface area contributed by atoms with E-state index >= 15 is 0 Å². The van der Waals surface area contributed by atoms with Gasteiger partial charge < -0.3 is 5.32 Å². The van der Waals surface area contributed by atoms with Crippen LogP contribution in [-0.2, 0) is 7.05 Å². The molecule has 1 N–H and O–H groups in total. The number of anilines is 1. The molecule has 1 aromatic heterocycles. The first-order valence-electron chi connectivity index (χ1n) is 5.38. The molecule has 0 saturated carbocycles. The second kappa shape index (κ2) is 5.80. The Kier molecular flexibility index (Phi) is 4.69. The predicted octanol–water partition coefficient (Wildman–Crippen LogP) is 2.15. The van der Waals surface area contributed by atoms with E-state index in [2.05, 4.69) is 30.3 Å². The highest BCUT2D eigenvalue weighted by Gasteiger charge is 2.14. The summed E-state index contributed by atoms with van der Waals surface area (Å²) in [6, 6.07) is 2.53. The number of aromatic nitrogens is 2. The maximum absolute atomic E-state index is 9.05. The van der Waals surface area contributed by atoms with E-state index in [-0.39, 0.29) is 0 Å². The Bertz CT molecular complexity index is 391. The third kappa shape index (κ3) is 2.92. The van der Waals surface area contributed by atoms with Crippen molar-refractivity contribution in [1.29, 1.82) is 5.26 Å². The van der Waals surface area contributed by atoms with Crippen molar-refractivity contribution in [1.82, 2.24) is 9.78 Å². The van der Waals surface area contributed by atoms with Crippen LogP contribution in [0.15, 0.2) is 0 Å². The monoisotopic (exact) mass is 238 g/mol. The average Bonchev–Trinajstić information content (AvgIpc) is 2.50. The zero-order chi connectivity index (χ0) is 12.1. The van der Waals surface area contributed by atoms with Crippen LogP contribution in [0.3, 0.4) is 0 Å². The molecule has 1 aromatic rings. The maximum Gasteiger partial charge on any atom is 0.142 e. The van der Waals surface area contributed by atoms with E-state index < -0.39 is 0 Å². The topological polar surface area (TPSA) is 53.6 Å². The van der Waals surface area contributed by atoms with Gasteiger partial charge in [0.05, 0.1) is 5.69 Å². The van der Waals surface area contributed by atoms with Crippen molar-refractivity contribution < 1.29 is 0 Å². The molecule has 0 amide bonds. The van der Waals surface area contributed by atoms with E-state index in [1.807, 2.05) is 25.7 Å². The van der Waals surface area contributed by atoms with Crippen LogP contribution in [0.5, 0.6) is 0 Å². The van der Waals surface area contributed by atoms with Gasteiger partial charge in [0.1, 0.15) is 17.5 Å². The summed E-state index contributed by atoms with van der Waals surface area (Å²) in [6.45, 7) is 6.12. The van der Waals surface area contributed by atoms with E-state index in [0.717, 1.165) is 23.0 Å². The van der Waals surface area contributed by atoms with E-state index in [1.54, 1.807) is 4.68 Å². The van der Waals surface area contributed by atoms with Crippen LogP contribution in [0.25, 0.3) is 0 Å². The first kappa shape index (κ1) is 12.9. The van der Waals surface area contributed by atoms with Crippen LogP contribution >= 0.6 is 11.8 Å². The molecule has 0 aliphatic rings. The molecular weight excluding hydrogens is 220 g/mol. The summed E-state index contributed by atoms with van der Waals surface area (Å²) in [5, 5.41) is 16.6. The highest BCUT2D eigenvalue weighted by atomic mass is 32.2. The van der Waals surface area contributed by atoms with Gasteiger partial charge in [-0.2, -0.15) is 22.1 Å². The van der Waals surface area contributed by atoms with Gasteiger partial charge in [-0.05, 0) is 19.6 Å². The molecule has 16 heavy (non-hydrogen) atoms. The lowest BCUT2D eigenvalue weighted by molar-refractivity contribution is 0.746. The fraction of sp³-hybridized carbons (Fsp3) is 0.636. The molecule has 0 aliphatic heterocycles. The number of hydrogen-bond donors (Lipinski definition) is 1. The standard InChI is InChI=1S/C11H18N4S/c1-5-16-7-8(2)13-11-10(6-12)9(3)14-15(11)4/h8,13H,5,7H2,1-4H3. The van der Waals surface area contributed by atoms with Gasteiger partial charge in [0, 0.05) is 18.8 Å². The fourth-order valence-corrected chi connectivity index (χ4v) is 2.20.